The van der Waals surface area contributed by atoms with Crippen LogP contribution < -0.4 is 5.26 Å². The van der Waals surface area contributed by atoms with Gasteiger partial charge in [-0.15, -0.1) is 0 Å². The van der Waals surface area contributed by atoms with Crippen molar-refractivity contribution in [2.75, 3.05) is 13.7 Å². The van der Waals surface area contributed by atoms with E-state index in [0.717, 1.165) is 0 Å². The Balaban J connectivity index is 2.68. The quantitative estimate of drug-likeness (QED) is 0.259. The second-order valence-corrected chi connectivity index (χ2v) is 3.69. The number of esters is 1. The highest BCUT2D eigenvalue weighted by atomic mass is 17.1. The fourth-order valence-electron chi connectivity index (χ4n) is 1.77. The topological polar surface area (TPSA) is 63.8 Å². The van der Waals surface area contributed by atoms with Crippen LogP contribution in [0.4, 0.5) is 0 Å². The van der Waals surface area contributed by atoms with Crippen LogP contribution in [0.3, 0.4) is 0 Å². The molecule has 0 radical (unpaired) electrons. The number of ether oxygens (including phenoxy) is 1. The van der Waals surface area contributed by atoms with Gasteiger partial charge in [0.1, 0.15) is 5.92 Å². The SMILES string of the molecule is COC(=[O+][O-])C1C(CO)C1(C)C. The number of aliphatic hydroxyl groups is 1. The van der Waals surface area contributed by atoms with Crippen molar-refractivity contribution in [1.29, 1.82) is 0 Å². The maximum atomic E-state index is 10.1. The molecule has 0 aromatic heterocycles. The molecule has 1 saturated carbocycles. The zero-order valence-corrected chi connectivity index (χ0v) is 7.53. The van der Waals surface area contributed by atoms with E-state index in [4.69, 9.17) is 9.84 Å². The molecule has 0 bridgehead atoms. The van der Waals surface area contributed by atoms with Crippen LogP contribution in [0, 0.1) is 17.3 Å². The molecule has 4 heteroatoms. The lowest BCUT2D eigenvalue weighted by molar-refractivity contribution is -1.05. The Morgan fingerprint density at radius 2 is 2.25 bits per heavy atom. The summed E-state index contributed by atoms with van der Waals surface area (Å²) >= 11 is 0. The van der Waals surface area contributed by atoms with E-state index in [1.165, 1.54) is 7.11 Å². The molecule has 12 heavy (non-hydrogen) atoms. The molecular weight excluding hydrogens is 160 g/mol. The molecular formula is C8H14O4. The van der Waals surface area contributed by atoms with E-state index in [2.05, 4.69) is 4.58 Å². The van der Waals surface area contributed by atoms with Crippen LogP contribution in [-0.4, -0.2) is 24.8 Å². The first-order chi connectivity index (χ1) is 5.59. The maximum Gasteiger partial charge on any atom is 0.501 e. The predicted molar refractivity (Wildman–Crippen MR) is 39.9 cm³/mol. The molecule has 0 heterocycles. The van der Waals surface area contributed by atoms with Gasteiger partial charge in [0, 0.05) is 12.5 Å². The minimum absolute atomic E-state index is 0.0634. The van der Waals surface area contributed by atoms with Gasteiger partial charge >= 0.3 is 5.97 Å². The predicted octanol–water partition coefficient (Wildman–Crippen LogP) is -0.765. The molecule has 1 N–H and O–H groups in total. The van der Waals surface area contributed by atoms with Crippen LogP contribution in [0.2, 0.25) is 0 Å². The number of hydrogen-bond donors (Lipinski definition) is 1. The van der Waals surface area contributed by atoms with Gasteiger partial charge in [0.25, 0.3) is 0 Å². The van der Waals surface area contributed by atoms with Gasteiger partial charge in [-0.3, -0.25) is 4.58 Å². The van der Waals surface area contributed by atoms with Crippen LogP contribution in [0.5, 0.6) is 0 Å². The average Bonchev–Trinajstić information content (AvgIpc) is 2.57. The minimum Gasteiger partial charge on any atom is -0.588 e. The monoisotopic (exact) mass is 174 g/mol. The van der Waals surface area contributed by atoms with Crippen molar-refractivity contribution >= 4 is 5.97 Å². The minimum atomic E-state index is -0.0789. The Hall–Kier alpha value is -0.770. The average molecular weight is 174 g/mol. The summed E-state index contributed by atoms with van der Waals surface area (Å²) in [6.45, 7) is 4.00. The fourth-order valence-corrected chi connectivity index (χ4v) is 1.77. The Bertz CT molecular complexity index is 197. The fraction of sp³-hybridized carbons (Fsp3) is 0.875. The van der Waals surface area contributed by atoms with Gasteiger partial charge in [-0.25, -0.2) is 0 Å². The number of rotatable bonds is 2. The summed E-state index contributed by atoms with van der Waals surface area (Å²) in [6.07, 6.45) is 0. The van der Waals surface area contributed by atoms with Crippen LogP contribution in [0.15, 0.2) is 0 Å². The third kappa shape index (κ3) is 1.16. The van der Waals surface area contributed by atoms with Gasteiger partial charge in [0.05, 0.1) is 0 Å². The van der Waals surface area contributed by atoms with Crippen LogP contribution >= 0.6 is 0 Å². The first-order valence-corrected chi connectivity index (χ1v) is 3.91. The normalized spacial score (nSPS) is 33.2. The summed E-state index contributed by atoms with van der Waals surface area (Å²) in [5, 5.41) is 19.1. The number of methoxy groups -OCH3 is 1. The summed E-state index contributed by atoms with van der Waals surface area (Å²) in [5.41, 5.74) is -0.0789. The number of aliphatic hydroxyl groups excluding tert-OH is 1. The third-order valence-electron chi connectivity index (χ3n) is 2.78. The first kappa shape index (κ1) is 9.32. The zero-order chi connectivity index (χ0) is 9.35. The zero-order valence-electron chi connectivity index (χ0n) is 7.53. The molecule has 2 atom stereocenters. The molecule has 1 aliphatic rings. The van der Waals surface area contributed by atoms with Gasteiger partial charge in [-0.1, -0.05) is 13.8 Å². The molecule has 0 aromatic rings. The second-order valence-electron chi connectivity index (χ2n) is 3.69. The molecule has 1 aliphatic carbocycles. The second kappa shape index (κ2) is 2.94. The van der Waals surface area contributed by atoms with E-state index in [-0.39, 0.29) is 29.8 Å². The third-order valence-corrected chi connectivity index (χ3v) is 2.78. The first-order valence-electron chi connectivity index (χ1n) is 3.91. The van der Waals surface area contributed by atoms with Gasteiger partial charge in [0.2, 0.25) is 0 Å². The molecule has 4 nitrogen and oxygen atoms in total. The van der Waals surface area contributed by atoms with E-state index in [1.54, 1.807) is 0 Å². The van der Waals surface area contributed by atoms with E-state index in [0.29, 0.717) is 0 Å². The summed E-state index contributed by atoms with van der Waals surface area (Å²) in [6, 6.07) is 0. The molecule has 1 fully saturated rings. The summed E-state index contributed by atoms with van der Waals surface area (Å²) in [5.74, 6) is 0.102. The lowest BCUT2D eigenvalue weighted by atomic mass is 10.1. The molecule has 0 spiro atoms. The van der Waals surface area contributed by atoms with Crippen molar-refractivity contribution in [2.45, 2.75) is 13.8 Å². The Morgan fingerprint density at radius 3 is 2.50 bits per heavy atom. The van der Waals surface area contributed by atoms with Gasteiger partial charge in [-0.2, -0.15) is 0 Å². The Kier molecular flexibility index (Phi) is 2.28. The van der Waals surface area contributed by atoms with Crippen molar-refractivity contribution in [1.82, 2.24) is 0 Å². The van der Waals surface area contributed by atoms with E-state index in [9.17, 15) is 5.26 Å². The molecule has 0 aromatic carbocycles. The van der Waals surface area contributed by atoms with Crippen LogP contribution in [-0.2, 0) is 9.31 Å². The molecule has 0 saturated heterocycles. The standard InChI is InChI=1S/C8H14O4/c1-8(2)5(4-9)6(8)7(11-3)12-10/h5-6,9H,4H2,1-3H3. The van der Waals surface area contributed by atoms with E-state index >= 15 is 0 Å². The van der Waals surface area contributed by atoms with E-state index in [1.807, 2.05) is 13.8 Å². The van der Waals surface area contributed by atoms with Crippen molar-refractivity contribution in [3.05, 3.63) is 0 Å². The summed E-state index contributed by atoms with van der Waals surface area (Å²) in [4.78, 5) is 0. The van der Waals surface area contributed by atoms with Crippen LogP contribution in [0.25, 0.3) is 0 Å². The van der Waals surface area contributed by atoms with Gasteiger partial charge in [0.15, 0.2) is 7.11 Å². The Labute approximate surface area is 71.4 Å². The lowest BCUT2D eigenvalue weighted by Gasteiger charge is -1.96. The lowest BCUT2D eigenvalue weighted by Crippen LogP contribution is -2.17. The molecule has 70 valence electrons. The highest BCUT2D eigenvalue weighted by Crippen LogP contribution is 2.58. The van der Waals surface area contributed by atoms with Crippen molar-refractivity contribution in [2.24, 2.45) is 17.3 Å². The number of hydrogen-bond acceptors (Lipinski definition) is 3. The maximum absolute atomic E-state index is 10.1. The number of carbonyl (C=O) groups excluding carboxylic acids is 1. The van der Waals surface area contributed by atoms with Gasteiger partial charge in [-0.05, 0) is 5.41 Å². The van der Waals surface area contributed by atoms with Crippen molar-refractivity contribution < 1.29 is 19.7 Å². The molecule has 1 rings (SSSR count). The Morgan fingerprint density at radius 1 is 1.67 bits per heavy atom. The van der Waals surface area contributed by atoms with Crippen molar-refractivity contribution in [3.8, 4) is 0 Å². The molecule has 2 unspecified atom stereocenters. The highest BCUT2D eigenvalue weighted by molar-refractivity contribution is 5.77. The molecule has 0 amide bonds. The largest absolute Gasteiger partial charge is 0.588 e. The smallest absolute Gasteiger partial charge is 0.501 e. The molecule has 0 aliphatic heterocycles. The van der Waals surface area contributed by atoms with E-state index < -0.39 is 0 Å². The van der Waals surface area contributed by atoms with Gasteiger partial charge < -0.3 is 15.1 Å². The highest BCUT2D eigenvalue weighted by Gasteiger charge is 2.66. The summed E-state index contributed by atoms with van der Waals surface area (Å²) in [7, 11) is 1.40. The van der Waals surface area contributed by atoms with Crippen molar-refractivity contribution in [3.63, 3.8) is 0 Å². The van der Waals surface area contributed by atoms with Crippen LogP contribution in [0.1, 0.15) is 13.8 Å². The summed E-state index contributed by atoms with van der Waals surface area (Å²) < 4.78 is 8.59.